The summed E-state index contributed by atoms with van der Waals surface area (Å²) < 4.78 is 5.74. The SMILES string of the molecule is CC[C@H](C)Cc1c(C)sc2nc(SCCOc3ccc(C)cc3)[nH]c(=O)c12. The molecule has 0 fully saturated rings. The summed E-state index contributed by atoms with van der Waals surface area (Å²) in [5.74, 6) is 2.16. The van der Waals surface area contributed by atoms with Crippen molar-refractivity contribution in [2.45, 2.75) is 45.7 Å². The highest BCUT2D eigenvalue weighted by molar-refractivity contribution is 7.99. The molecule has 0 aliphatic heterocycles. The van der Waals surface area contributed by atoms with Crippen LogP contribution < -0.4 is 10.3 Å². The minimum atomic E-state index is -0.0235. The topological polar surface area (TPSA) is 55.0 Å². The number of benzene rings is 1. The second kappa shape index (κ2) is 8.93. The van der Waals surface area contributed by atoms with Crippen LogP contribution in [0.2, 0.25) is 0 Å². The van der Waals surface area contributed by atoms with Crippen LogP contribution in [-0.2, 0) is 6.42 Å². The fourth-order valence-electron chi connectivity index (χ4n) is 2.89. The number of H-pyrrole nitrogens is 1. The second-order valence-corrected chi connectivity index (χ2v) is 9.20. The lowest BCUT2D eigenvalue weighted by molar-refractivity contribution is 0.344. The number of hydrogen-bond acceptors (Lipinski definition) is 5. The molecule has 6 heteroatoms. The molecule has 1 atom stereocenters. The van der Waals surface area contributed by atoms with E-state index in [1.54, 1.807) is 11.3 Å². The maximum Gasteiger partial charge on any atom is 0.260 e. The van der Waals surface area contributed by atoms with Gasteiger partial charge in [0.2, 0.25) is 0 Å². The summed E-state index contributed by atoms with van der Waals surface area (Å²) in [5, 5.41) is 1.44. The first-order chi connectivity index (χ1) is 13.0. The van der Waals surface area contributed by atoms with Crippen molar-refractivity contribution in [1.82, 2.24) is 9.97 Å². The van der Waals surface area contributed by atoms with Crippen molar-refractivity contribution in [3.05, 3.63) is 50.6 Å². The highest BCUT2D eigenvalue weighted by Gasteiger charge is 2.16. The molecule has 2 heterocycles. The highest BCUT2D eigenvalue weighted by Crippen LogP contribution is 2.30. The molecule has 2 aromatic heterocycles. The number of fused-ring (bicyclic) bond motifs is 1. The first kappa shape index (κ1) is 20.0. The van der Waals surface area contributed by atoms with E-state index < -0.39 is 0 Å². The zero-order valence-corrected chi connectivity index (χ0v) is 17.9. The standard InChI is InChI=1S/C21H26N2O2S2/c1-5-13(2)12-17-15(4)27-20-18(17)19(24)22-21(23-20)26-11-10-25-16-8-6-14(3)7-9-16/h6-9,13H,5,10-12H2,1-4H3,(H,22,23,24)/t13-/m0/s1. The van der Waals surface area contributed by atoms with Crippen molar-refractivity contribution in [1.29, 1.82) is 0 Å². The Morgan fingerprint density at radius 3 is 2.70 bits per heavy atom. The predicted octanol–water partition coefficient (Wildman–Crippen LogP) is 5.36. The van der Waals surface area contributed by atoms with E-state index in [-0.39, 0.29) is 5.56 Å². The molecule has 0 saturated carbocycles. The molecule has 0 unspecified atom stereocenters. The number of aromatic nitrogens is 2. The average Bonchev–Trinajstić information content (AvgIpc) is 2.96. The number of thioether (sulfide) groups is 1. The summed E-state index contributed by atoms with van der Waals surface area (Å²) in [6.07, 6.45) is 2.04. The third-order valence-electron chi connectivity index (χ3n) is 4.70. The van der Waals surface area contributed by atoms with Gasteiger partial charge in [-0.2, -0.15) is 0 Å². The number of nitrogens with one attached hydrogen (secondary N) is 1. The molecule has 3 aromatic rings. The molecular formula is C21H26N2O2S2. The minimum Gasteiger partial charge on any atom is -0.493 e. The number of ether oxygens (including phenoxy) is 1. The van der Waals surface area contributed by atoms with Gasteiger partial charge in [-0.05, 0) is 43.9 Å². The van der Waals surface area contributed by atoms with Crippen LogP contribution in [-0.4, -0.2) is 22.3 Å². The zero-order chi connectivity index (χ0) is 19.4. The third-order valence-corrected chi connectivity index (χ3v) is 6.58. The van der Waals surface area contributed by atoms with Gasteiger partial charge in [-0.15, -0.1) is 11.3 Å². The Labute approximate surface area is 168 Å². The van der Waals surface area contributed by atoms with Gasteiger partial charge < -0.3 is 9.72 Å². The summed E-state index contributed by atoms with van der Waals surface area (Å²) in [7, 11) is 0. The zero-order valence-electron chi connectivity index (χ0n) is 16.3. The molecule has 0 saturated heterocycles. The van der Waals surface area contributed by atoms with E-state index in [0.717, 1.165) is 40.1 Å². The number of hydrogen-bond donors (Lipinski definition) is 1. The van der Waals surface area contributed by atoms with E-state index in [0.29, 0.717) is 17.7 Å². The lowest BCUT2D eigenvalue weighted by Crippen LogP contribution is -2.11. The fraction of sp³-hybridized carbons (Fsp3) is 0.429. The molecule has 0 bridgehead atoms. The van der Waals surface area contributed by atoms with E-state index in [1.165, 1.54) is 22.2 Å². The molecule has 3 rings (SSSR count). The van der Waals surface area contributed by atoms with E-state index in [4.69, 9.17) is 4.74 Å². The van der Waals surface area contributed by atoms with Crippen LogP contribution in [0.3, 0.4) is 0 Å². The van der Waals surface area contributed by atoms with Gasteiger partial charge in [-0.3, -0.25) is 4.79 Å². The van der Waals surface area contributed by atoms with Crippen molar-refractivity contribution < 1.29 is 4.74 Å². The normalized spacial score (nSPS) is 12.4. The van der Waals surface area contributed by atoms with Crippen LogP contribution in [0.4, 0.5) is 0 Å². The predicted molar refractivity (Wildman–Crippen MR) is 116 cm³/mol. The Morgan fingerprint density at radius 1 is 1.26 bits per heavy atom. The lowest BCUT2D eigenvalue weighted by Gasteiger charge is -2.08. The van der Waals surface area contributed by atoms with Gasteiger partial charge in [0.25, 0.3) is 5.56 Å². The molecule has 0 spiro atoms. The minimum absolute atomic E-state index is 0.0235. The summed E-state index contributed by atoms with van der Waals surface area (Å²) in [6.45, 7) is 9.12. The number of aryl methyl sites for hydroxylation is 2. The van der Waals surface area contributed by atoms with Crippen LogP contribution in [0, 0.1) is 19.8 Å². The molecule has 4 nitrogen and oxygen atoms in total. The van der Waals surface area contributed by atoms with Gasteiger partial charge in [-0.1, -0.05) is 49.7 Å². The maximum absolute atomic E-state index is 12.7. The molecule has 0 amide bonds. The second-order valence-electron chi connectivity index (χ2n) is 6.92. The largest absolute Gasteiger partial charge is 0.493 e. The Hall–Kier alpha value is -1.79. The molecule has 0 radical (unpaired) electrons. The average molecular weight is 403 g/mol. The molecule has 27 heavy (non-hydrogen) atoms. The van der Waals surface area contributed by atoms with Crippen LogP contribution in [0.25, 0.3) is 10.2 Å². The maximum atomic E-state index is 12.7. The van der Waals surface area contributed by atoms with E-state index >= 15 is 0 Å². The van der Waals surface area contributed by atoms with Crippen LogP contribution in [0.15, 0.2) is 34.2 Å². The van der Waals surface area contributed by atoms with Crippen molar-refractivity contribution >= 4 is 33.3 Å². The van der Waals surface area contributed by atoms with Gasteiger partial charge in [0.05, 0.1) is 12.0 Å². The lowest BCUT2D eigenvalue weighted by atomic mass is 9.98. The number of thiophene rings is 1. The van der Waals surface area contributed by atoms with Gasteiger partial charge in [-0.25, -0.2) is 4.98 Å². The van der Waals surface area contributed by atoms with E-state index in [1.807, 2.05) is 24.3 Å². The Kier molecular flexibility index (Phi) is 6.60. The van der Waals surface area contributed by atoms with Gasteiger partial charge in [0.15, 0.2) is 5.16 Å². The Morgan fingerprint density at radius 2 is 2.00 bits per heavy atom. The fourth-order valence-corrected chi connectivity index (χ4v) is 4.69. The monoisotopic (exact) mass is 402 g/mol. The first-order valence-electron chi connectivity index (χ1n) is 9.32. The Balaban J connectivity index is 1.67. The van der Waals surface area contributed by atoms with Gasteiger partial charge >= 0.3 is 0 Å². The molecule has 1 N–H and O–H groups in total. The van der Waals surface area contributed by atoms with Gasteiger partial charge in [0.1, 0.15) is 10.6 Å². The summed E-state index contributed by atoms with van der Waals surface area (Å²) in [6, 6.07) is 8.01. The third kappa shape index (κ3) is 4.93. The van der Waals surface area contributed by atoms with Gasteiger partial charge in [0, 0.05) is 10.6 Å². The summed E-state index contributed by atoms with van der Waals surface area (Å²) >= 11 is 3.14. The number of rotatable bonds is 8. The smallest absolute Gasteiger partial charge is 0.260 e. The highest BCUT2D eigenvalue weighted by atomic mass is 32.2. The van der Waals surface area contributed by atoms with Crippen molar-refractivity contribution in [3.63, 3.8) is 0 Å². The molecule has 1 aromatic carbocycles. The Bertz CT molecular complexity index is 961. The molecule has 0 aliphatic rings. The van der Waals surface area contributed by atoms with Crippen LogP contribution >= 0.6 is 23.1 Å². The van der Waals surface area contributed by atoms with Crippen molar-refractivity contribution in [2.75, 3.05) is 12.4 Å². The van der Waals surface area contributed by atoms with Crippen molar-refractivity contribution in [3.8, 4) is 5.75 Å². The number of nitrogens with zero attached hydrogens (tertiary/aromatic N) is 1. The van der Waals surface area contributed by atoms with Crippen LogP contribution in [0.1, 0.15) is 36.3 Å². The first-order valence-corrected chi connectivity index (χ1v) is 11.1. The number of aromatic amines is 1. The molecule has 0 aliphatic carbocycles. The molecule has 144 valence electrons. The van der Waals surface area contributed by atoms with E-state index in [2.05, 4.69) is 37.7 Å². The quantitative estimate of drug-likeness (QED) is 0.313. The molecular weight excluding hydrogens is 376 g/mol. The van der Waals surface area contributed by atoms with Crippen molar-refractivity contribution in [2.24, 2.45) is 5.92 Å². The van der Waals surface area contributed by atoms with Crippen LogP contribution in [0.5, 0.6) is 5.75 Å². The summed E-state index contributed by atoms with van der Waals surface area (Å²) in [4.78, 5) is 22.3. The van der Waals surface area contributed by atoms with E-state index in [9.17, 15) is 4.79 Å². The summed E-state index contributed by atoms with van der Waals surface area (Å²) in [5.41, 5.74) is 2.35.